The summed E-state index contributed by atoms with van der Waals surface area (Å²) in [6.07, 6.45) is 6.47. The molecule has 0 saturated carbocycles. The van der Waals surface area contributed by atoms with Crippen molar-refractivity contribution in [1.29, 1.82) is 5.41 Å². The van der Waals surface area contributed by atoms with E-state index in [-0.39, 0.29) is 23.7 Å². The molecule has 1 fully saturated rings. The van der Waals surface area contributed by atoms with Crippen molar-refractivity contribution in [3.05, 3.63) is 40.9 Å². The summed E-state index contributed by atoms with van der Waals surface area (Å²) in [5.74, 6) is -1.24. The van der Waals surface area contributed by atoms with Crippen LogP contribution in [0.1, 0.15) is 39.0 Å². The third-order valence-electron chi connectivity index (χ3n) is 5.55. The van der Waals surface area contributed by atoms with E-state index in [0.717, 1.165) is 37.8 Å². The summed E-state index contributed by atoms with van der Waals surface area (Å²) >= 11 is 6.00. The second-order valence-corrected chi connectivity index (χ2v) is 8.47. The summed E-state index contributed by atoms with van der Waals surface area (Å²) < 4.78 is 14.5. The van der Waals surface area contributed by atoms with Gasteiger partial charge in [0.1, 0.15) is 6.29 Å². The van der Waals surface area contributed by atoms with E-state index in [2.05, 4.69) is 15.2 Å². The number of carbonyl (C=O) groups excluding carboxylic acids is 1. The zero-order chi connectivity index (χ0) is 23.5. The quantitative estimate of drug-likeness (QED) is 0.261. The predicted octanol–water partition coefficient (Wildman–Crippen LogP) is 4.05. The smallest absolute Gasteiger partial charge is 0.206 e. The van der Waals surface area contributed by atoms with E-state index < -0.39 is 5.83 Å². The Morgan fingerprint density at radius 1 is 1.53 bits per heavy atom. The summed E-state index contributed by atoms with van der Waals surface area (Å²) in [5, 5.41) is 12.0. The van der Waals surface area contributed by atoms with Crippen LogP contribution >= 0.6 is 11.6 Å². The maximum Gasteiger partial charge on any atom is 0.206 e. The van der Waals surface area contributed by atoms with Gasteiger partial charge >= 0.3 is 0 Å². The van der Waals surface area contributed by atoms with Gasteiger partial charge in [-0.25, -0.2) is 4.99 Å². The maximum absolute atomic E-state index is 14.5. The van der Waals surface area contributed by atoms with E-state index in [9.17, 15) is 9.18 Å². The zero-order valence-electron chi connectivity index (χ0n) is 18.9. The monoisotopic (exact) mass is 464 g/mol. The van der Waals surface area contributed by atoms with Crippen molar-refractivity contribution in [3.63, 3.8) is 0 Å². The van der Waals surface area contributed by atoms with Crippen molar-refractivity contribution in [2.24, 2.45) is 10.7 Å². The largest absolute Gasteiger partial charge is 0.381 e. The normalized spacial score (nSPS) is 18.5. The molecule has 1 heterocycles. The summed E-state index contributed by atoms with van der Waals surface area (Å²) in [6, 6.07) is 7.22. The average Bonchev–Trinajstić information content (AvgIpc) is 2.80. The molecule has 2 unspecified atom stereocenters. The molecule has 1 saturated heterocycles. The van der Waals surface area contributed by atoms with Crippen LogP contribution in [0.2, 0.25) is 5.02 Å². The summed E-state index contributed by atoms with van der Waals surface area (Å²) in [5.41, 5.74) is 6.48. The fourth-order valence-corrected chi connectivity index (χ4v) is 3.92. The number of likely N-dealkylation sites (tertiary alicyclic amines) is 1. The fraction of sp³-hybridized carbons (Fsp3) is 0.522. The number of likely N-dealkylation sites (N-methyl/N-ethyl adjacent to an activating group) is 1. The molecule has 32 heavy (non-hydrogen) atoms. The number of amidine groups is 1. The molecule has 0 amide bonds. The number of nitrogens with two attached hydrogens (primary N) is 1. The Morgan fingerprint density at radius 3 is 3.00 bits per heavy atom. The van der Waals surface area contributed by atoms with Gasteiger partial charge in [-0.15, -0.1) is 0 Å². The highest BCUT2D eigenvalue weighted by Gasteiger charge is 2.27. The highest BCUT2D eigenvalue weighted by atomic mass is 35.5. The predicted molar refractivity (Wildman–Crippen MR) is 130 cm³/mol. The van der Waals surface area contributed by atoms with Crippen molar-refractivity contribution in [1.82, 2.24) is 9.80 Å². The number of nitrogens with zero attached hydrogens (tertiary/aromatic N) is 3. The van der Waals surface area contributed by atoms with Crippen molar-refractivity contribution >= 4 is 35.6 Å². The number of carbonyl (C=O) groups is 1. The van der Waals surface area contributed by atoms with E-state index in [1.807, 2.05) is 26.1 Å². The van der Waals surface area contributed by atoms with Crippen molar-refractivity contribution in [2.45, 2.75) is 51.1 Å². The lowest BCUT2D eigenvalue weighted by Gasteiger charge is -2.38. The lowest BCUT2D eigenvalue weighted by atomic mass is 10.0. The number of hydrogen-bond donors (Lipinski definition) is 3. The third kappa shape index (κ3) is 7.91. The van der Waals surface area contributed by atoms with Crippen molar-refractivity contribution in [2.75, 3.05) is 32.0 Å². The molecule has 0 spiro atoms. The molecule has 9 heteroatoms. The zero-order valence-corrected chi connectivity index (χ0v) is 19.6. The highest BCUT2D eigenvalue weighted by Crippen LogP contribution is 2.20. The van der Waals surface area contributed by atoms with Crippen LogP contribution in [0.3, 0.4) is 0 Å². The highest BCUT2D eigenvalue weighted by molar-refractivity contribution is 6.30. The number of aldehydes is 1. The number of piperidine rings is 1. The van der Waals surface area contributed by atoms with Gasteiger partial charge in [0.25, 0.3) is 0 Å². The van der Waals surface area contributed by atoms with Gasteiger partial charge < -0.3 is 25.6 Å². The first kappa shape index (κ1) is 25.8. The molecule has 1 aromatic carbocycles. The first-order chi connectivity index (χ1) is 15.3. The Kier molecular flexibility index (Phi) is 10.6. The molecule has 4 N–H and O–H groups in total. The number of anilines is 1. The Hall–Kier alpha value is -2.45. The van der Waals surface area contributed by atoms with Gasteiger partial charge in [0, 0.05) is 36.1 Å². The summed E-state index contributed by atoms with van der Waals surface area (Å²) in [6.45, 7) is 3.87. The van der Waals surface area contributed by atoms with Crippen molar-refractivity contribution < 1.29 is 9.18 Å². The topological polar surface area (TPSA) is 97.8 Å². The maximum atomic E-state index is 14.5. The van der Waals surface area contributed by atoms with Crippen LogP contribution < -0.4 is 11.1 Å². The van der Waals surface area contributed by atoms with Gasteiger partial charge in [-0.05, 0) is 63.9 Å². The van der Waals surface area contributed by atoms with Gasteiger partial charge in [0.15, 0.2) is 11.7 Å². The van der Waals surface area contributed by atoms with Crippen molar-refractivity contribution in [3.8, 4) is 0 Å². The second-order valence-electron chi connectivity index (χ2n) is 8.03. The van der Waals surface area contributed by atoms with E-state index in [1.165, 1.54) is 6.21 Å². The SMILES string of the molecule is CC/C=N\C(N)=C(\F)C(=N)N1CCCC(N(C)CCCC(C=O)Nc2cccc(Cl)c2)C1. The molecule has 0 aromatic heterocycles. The standard InChI is InChI=1S/C23H34ClFN6O/c1-3-11-28-22(26)21(25)23(27)31-13-6-10-20(15-31)30(2)12-5-9-19(16-32)29-18-8-4-7-17(24)14-18/h4,7-8,11,14,16,19-20,27,29H,3,5-6,9-10,12-13,15,26H2,1-2H3/b22-21+,27-23?,28-11-. The Bertz CT molecular complexity index is 830. The number of benzene rings is 1. The van der Waals surface area contributed by atoms with Crippen LogP contribution in [0.4, 0.5) is 10.1 Å². The van der Waals surface area contributed by atoms with E-state index in [0.29, 0.717) is 31.0 Å². The lowest BCUT2D eigenvalue weighted by Crippen LogP contribution is -2.49. The minimum Gasteiger partial charge on any atom is -0.381 e. The lowest BCUT2D eigenvalue weighted by molar-refractivity contribution is -0.108. The molecular formula is C23H34ClFN6O. The van der Waals surface area contributed by atoms with E-state index in [1.54, 1.807) is 17.0 Å². The fourth-order valence-electron chi connectivity index (χ4n) is 3.73. The molecule has 0 radical (unpaired) electrons. The molecule has 176 valence electrons. The van der Waals surface area contributed by atoms with Crippen LogP contribution in [0.25, 0.3) is 0 Å². The number of rotatable bonds is 11. The van der Waals surface area contributed by atoms with Crippen LogP contribution in [-0.2, 0) is 4.79 Å². The van der Waals surface area contributed by atoms with Gasteiger partial charge in [-0.3, -0.25) is 5.41 Å². The molecule has 0 aliphatic carbocycles. The Balaban J connectivity index is 1.84. The van der Waals surface area contributed by atoms with Gasteiger partial charge in [-0.1, -0.05) is 24.6 Å². The van der Waals surface area contributed by atoms with Crippen LogP contribution in [-0.4, -0.2) is 66.9 Å². The van der Waals surface area contributed by atoms with Gasteiger partial charge in [0.05, 0.1) is 6.04 Å². The number of nitrogens with one attached hydrogen (secondary N) is 2. The number of hydrogen-bond acceptors (Lipinski definition) is 6. The third-order valence-corrected chi connectivity index (χ3v) is 5.78. The van der Waals surface area contributed by atoms with Crippen LogP contribution in [0.15, 0.2) is 40.9 Å². The molecule has 2 rings (SSSR count). The molecule has 1 aromatic rings. The van der Waals surface area contributed by atoms with Gasteiger partial charge in [-0.2, -0.15) is 4.39 Å². The van der Waals surface area contributed by atoms with E-state index >= 15 is 0 Å². The van der Waals surface area contributed by atoms with Gasteiger partial charge in [0.2, 0.25) is 5.83 Å². The first-order valence-electron chi connectivity index (χ1n) is 11.0. The Labute approximate surface area is 195 Å². The Morgan fingerprint density at radius 2 is 2.31 bits per heavy atom. The molecule has 0 bridgehead atoms. The second kappa shape index (κ2) is 13.2. The molecular weight excluding hydrogens is 431 g/mol. The molecule has 1 aliphatic heterocycles. The van der Waals surface area contributed by atoms with Crippen LogP contribution in [0, 0.1) is 5.41 Å². The number of aliphatic imine (C=N–C) groups is 1. The average molecular weight is 465 g/mol. The van der Waals surface area contributed by atoms with Crippen LogP contribution in [0.5, 0.6) is 0 Å². The molecule has 7 nitrogen and oxygen atoms in total. The van der Waals surface area contributed by atoms with E-state index in [4.69, 9.17) is 22.7 Å². The minimum absolute atomic E-state index is 0.202. The molecule has 1 aliphatic rings. The summed E-state index contributed by atoms with van der Waals surface area (Å²) in [7, 11) is 2.03. The summed E-state index contributed by atoms with van der Waals surface area (Å²) in [4.78, 5) is 19.3. The first-order valence-corrected chi connectivity index (χ1v) is 11.4. The minimum atomic E-state index is -0.779. The number of halogens is 2. The molecule has 2 atom stereocenters.